The Morgan fingerprint density at radius 2 is 1.77 bits per heavy atom. The molecule has 4 nitrogen and oxygen atoms in total. The number of halogens is 2. The summed E-state index contributed by atoms with van der Waals surface area (Å²) < 4.78 is 2.01. The Morgan fingerprint density at radius 1 is 1.03 bits per heavy atom. The number of fused-ring (bicyclic) bond motifs is 1. The average molecular weight is 452 g/mol. The zero-order valence-electron chi connectivity index (χ0n) is 17.3. The van der Waals surface area contributed by atoms with E-state index in [1.54, 1.807) is 18.2 Å². The molecule has 31 heavy (non-hydrogen) atoms. The molecule has 0 aliphatic heterocycles. The van der Waals surface area contributed by atoms with E-state index in [0.717, 1.165) is 34.0 Å². The second-order valence-electron chi connectivity index (χ2n) is 8.14. The second kappa shape index (κ2) is 8.74. The third-order valence-electron chi connectivity index (χ3n) is 5.36. The summed E-state index contributed by atoms with van der Waals surface area (Å²) in [6.45, 7) is 4.38. The molecule has 1 atom stereocenters. The average Bonchev–Trinajstić information content (AvgIpc) is 3.15. The molecule has 2 N–H and O–H groups in total. The molecule has 0 aliphatic rings. The molecule has 158 valence electrons. The van der Waals surface area contributed by atoms with Gasteiger partial charge in [0, 0.05) is 32.8 Å². The van der Waals surface area contributed by atoms with E-state index in [4.69, 9.17) is 34.0 Å². The van der Waals surface area contributed by atoms with Crippen LogP contribution in [0.5, 0.6) is 0 Å². The Balaban J connectivity index is 1.74. The lowest BCUT2D eigenvalue weighted by atomic mass is 9.96. The van der Waals surface area contributed by atoms with Crippen LogP contribution in [-0.4, -0.2) is 15.7 Å². The maximum atomic E-state index is 11.4. The van der Waals surface area contributed by atoms with Crippen LogP contribution in [0.2, 0.25) is 10.0 Å². The van der Waals surface area contributed by atoms with E-state index < -0.39 is 5.91 Å². The predicted octanol–water partition coefficient (Wildman–Crippen LogP) is 6.74. The van der Waals surface area contributed by atoms with Crippen LogP contribution < -0.4 is 5.73 Å². The van der Waals surface area contributed by atoms with Crippen molar-refractivity contribution in [2.45, 2.75) is 26.3 Å². The van der Waals surface area contributed by atoms with Gasteiger partial charge in [0.25, 0.3) is 0 Å². The quantitative estimate of drug-likeness (QED) is 0.352. The van der Waals surface area contributed by atoms with Crippen LogP contribution in [0, 0.1) is 5.92 Å². The smallest absolute Gasteiger partial charge is 0.248 e. The number of nitrogens with two attached hydrogens (primary N) is 1. The molecule has 0 saturated carbocycles. The van der Waals surface area contributed by atoms with Crippen molar-refractivity contribution < 1.29 is 4.79 Å². The Kier molecular flexibility index (Phi) is 6.03. The lowest BCUT2D eigenvalue weighted by molar-refractivity contribution is 0.1000. The molecule has 0 fully saturated rings. The molecule has 1 aromatic heterocycles. The van der Waals surface area contributed by atoms with Crippen molar-refractivity contribution in [3.63, 3.8) is 0 Å². The molecule has 1 heterocycles. The molecule has 4 aromatic rings. The van der Waals surface area contributed by atoms with E-state index >= 15 is 0 Å². The van der Waals surface area contributed by atoms with Crippen LogP contribution in [0.3, 0.4) is 0 Å². The van der Waals surface area contributed by atoms with Gasteiger partial charge in [-0.15, -0.1) is 0 Å². The van der Waals surface area contributed by atoms with Crippen molar-refractivity contribution in [2.75, 3.05) is 0 Å². The Hall–Kier alpha value is -2.82. The minimum atomic E-state index is -0.426. The largest absolute Gasteiger partial charge is 0.366 e. The van der Waals surface area contributed by atoms with Crippen molar-refractivity contribution in [3.05, 3.63) is 88.0 Å². The van der Waals surface area contributed by atoms with Gasteiger partial charge < -0.3 is 5.73 Å². The van der Waals surface area contributed by atoms with Gasteiger partial charge in [-0.05, 0) is 59.9 Å². The molecule has 0 bridgehead atoms. The van der Waals surface area contributed by atoms with Gasteiger partial charge >= 0.3 is 0 Å². The minimum Gasteiger partial charge on any atom is -0.366 e. The Labute approximate surface area is 191 Å². The van der Waals surface area contributed by atoms with Gasteiger partial charge in [0.05, 0.1) is 11.6 Å². The molecule has 1 unspecified atom stereocenters. The molecule has 0 spiro atoms. The number of carbonyl (C=O) groups is 1. The first kappa shape index (κ1) is 21.4. The summed E-state index contributed by atoms with van der Waals surface area (Å²) in [6, 6.07) is 19.2. The van der Waals surface area contributed by atoms with Crippen molar-refractivity contribution in [1.29, 1.82) is 0 Å². The Morgan fingerprint density at radius 3 is 2.42 bits per heavy atom. The monoisotopic (exact) mass is 451 g/mol. The second-order valence-corrected chi connectivity index (χ2v) is 8.98. The van der Waals surface area contributed by atoms with Crippen molar-refractivity contribution >= 4 is 40.0 Å². The van der Waals surface area contributed by atoms with Gasteiger partial charge in [-0.3, -0.25) is 9.48 Å². The molecule has 3 aromatic carbocycles. The molecule has 0 aliphatic carbocycles. The molecule has 6 heteroatoms. The number of nitrogens with zero attached hydrogens (tertiary/aromatic N) is 2. The van der Waals surface area contributed by atoms with Crippen LogP contribution in [0.1, 0.15) is 42.2 Å². The molecule has 1 amide bonds. The van der Waals surface area contributed by atoms with Gasteiger partial charge in [-0.2, -0.15) is 5.10 Å². The van der Waals surface area contributed by atoms with Crippen LogP contribution >= 0.6 is 23.2 Å². The van der Waals surface area contributed by atoms with Crippen LogP contribution in [0.25, 0.3) is 22.0 Å². The van der Waals surface area contributed by atoms with Crippen molar-refractivity contribution in [1.82, 2.24) is 9.78 Å². The summed E-state index contributed by atoms with van der Waals surface area (Å²) in [5.74, 6) is 0.0433. The van der Waals surface area contributed by atoms with Crippen molar-refractivity contribution in [3.8, 4) is 11.1 Å². The van der Waals surface area contributed by atoms with E-state index in [-0.39, 0.29) is 6.04 Å². The fourth-order valence-electron chi connectivity index (χ4n) is 3.81. The first-order chi connectivity index (χ1) is 14.8. The predicted molar refractivity (Wildman–Crippen MR) is 128 cm³/mol. The van der Waals surface area contributed by atoms with Crippen LogP contribution in [0.15, 0.2) is 66.9 Å². The number of primary amides is 1. The summed E-state index contributed by atoms with van der Waals surface area (Å²) >= 11 is 12.4. The highest BCUT2D eigenvalue weighted by molar-refractivity contribution is 6.36. The maximum Gasteiger partial charge on any atom is 0.248 e. The minimum absolute atomic E-state index is 0.0527. The van der Waals surface area contributed by atoms with Gasteiger partial charge in [-0.25, -0.2) is 0 Å². The highest BCUT2D eigenvalue weighted by Crippen LogP contribution is 2.33. The first-order valence-electron chi connectivity index (χ1n) is 10.2. The normalized spacial score (nSPS) is 12.4. The molecule has 4 rings (SSSR count). The number of carbonyl (C=O) groups excluding carboxylic acids is 1. The number of benzene rings is 3. The standard InChI is InChI=1S/C25H23Cl2N3O/c1-15(2)11-24(16-3-5-17(6-4-16)25(28)31)30-14-19-12-18(7-10-23(19)29-30)21-9-8-20(26)13-22(21)27/h3-10,12-15,24H,11H2,1-2H3,(H2,28,31). The number of aromatic nitrogens is 2. The van der Waals surface area contributed by atoms with E-state index in [1.807, 2.05) is 41.1 Å². The zero-order chi connectivity index (χ0) is 22.1. The lowest BCUT2D eigenvalue weighted by Gasteiger charge is -2.20. The third-order valence-corrected chi connectivity index (χ3v) is 5.91. The highest BCUT2D eigenvalue weighted by atomic mass is 35.5. The first-order valence-corrected chi connectivity index (χ1v) is 10.9. The van der Waals surface area contributed by atoms with E-state index in [0.29, 0.717) is 21.5 Å². The van der Waals surface area contributed by atoms with E-state index in [1.165, 1.54) is 0 Å². The highest BCUT2D eigenvalue weighted by Gasteiger charge is 2.18. The van der Waals surface area contributed by atoms with Gasteiger partial charge in [-0.1, -0.05) is 61.3 Å². The van der Waals surface area contributed by atoms with Gasteiger partial charge in [0.2, 0.25) is 5.91 Å². The number of amides is 1. The summed E-state index contributed by atoms with van der Waals surface area (Å²) in [6.07, 6.45) is 2.98. The fraction of sp³-hybridized carbons (Fsp3) is 0.200. The molecule has 0 radical (unpaired) electrons. The van der Waals surface area contributed by atoms with E-state index in [9.17, 15) is 4.79 Å². The fourth-order valence-corrected chi connectivity index (χ4v) is 4.33. The lowest BCUT2D eigenvalue weighted by Crippen LogP contribution is -2.15. The van der Waals surface area contributed by atoms with Crippen LogP contribution in [-0.2, 0) is 0 Å². The van der Waals surface area contributed by atoms with Crippen LogP contribution in [0.4, 0.5) is 0 Å². The summed E-state index contributed by atoms with van der Waals surface area (Å²) in [4.78, 5) is 11.4. The molecular formula is C25H23Cl2N3O. The topological polar surface area (TPSA) is 60.9 Å². The van der Waals surface area contributed by atoms with Gasteiger partial charge in [0.15, 0.2) is 0 Å². The van der Waals surface area contributed by atoms with Crippen molar-refractivity contribution in [2.24, 2.45) is 11.7 Å². The third kappa shape index (κ3) is 4.60. The SMILES string of the molecule is CC(C)CC(c1ccc(C(N)=O)cc1)n1cc2cc(-c3ccc(Cl)cc3Cl)ccc2n1. The van der Waals surface area contributed by atoms with Gasteiger partial charge in [0.1, 0.15) is 0 Å². The number of rotatable bonds is 6. The zero-order valence-corrected chi connectivity index (χ0v) is 18.9. The number of hydrogen-bond donors (Lipinski definition) is 1. The molecular weight excluding hydrogens is 429 g/mol. The summed E-state index contributed by atoms with van der Waals surface area (Å²) in [5, 5.41) is 7.11. The maximum absolute atomic E-state index is 11.4. The summed E-state index contributed by atoms with van der Waals surface area (Å²) in [5.41, 5.74) is 9.84. The van der Waals surface area contributed by atoms with E-state index in [2.05, 4.69) is 26.1 Å². The molecule has 0 saturated heterocycles. The summed E-state index contributed by atoms with van der Waals surface area (Å²) in [7, 11) is 0. The number of hydrogen-bond acceptors (Lipinski definition) is 2. The Bertz CT molecular complexity index is 1250.